The monoisotopic (exact) mass is 821 g/mol. The van der Waals surface area contributed by atoms with Gasteiger partial charge in [0.1, 0.15) is 11.2 Å². The Morgan fingerprint density at radius 3 is 2.08 bits per heavy atom. The summed E-state index contributed by atoms with van der Waals surface area (Å²) in [7, 11) is 0. The number of pyridine rings is 2. The number of hydrogen-bond acceptors (Lipinski definition) is 3. The zero-order valence-electron chi connectivity index (χ0n) is 27.6. The van der Waals surface area contributed by atoms with Gasteiger partial charge in [0.05, 0.1) is 0 Å². The van der Waals surface area contributed by atoms with Gasteiger partial charge < -0.3 is 14.4 Å². The third kappa shape index (κ3) is 6.40. The normalized spacial score (nSPS) is 10.8. The molecule has 0 aliphatic carbocycles. The topological polar surface area (TPSA) is 38.9 Å². The summed E-state index contributed by atoms with van der Waals surface area (Å²) in [6.07, 6.45) is 3.69. The van der Waals surface area contributed by atoms with Crippen LogP contribution in [0.2, 0.25) is 0 Å². The smallest absolute Gasteiger partial charge is 0.136 e. The average molecular weight is 821 g/mol. The molecule has 6 aromatic carbocycles. The molecule has 0 unspecified atom stereocenters. The van der Waals surface area contributed by atoms with E-state index < -0.39 is 0 Å². The van der Waals surface area contributed by atoms with Crippen LogP contribution in [0.3, 0.4) is 0 Å². The minimum atomic E-state index is 0. The number of para-hydroxylation sites is 1. The van der Waals surface area contributed by atoms with Crippen LogP contribution in [0, 0.1) is 26.0 Å². The molecule has 3 aromatic heterocycles. The molecule has 0 saturated carbocycles. The third-order valence-corrected chi connectivity index (χ3v) is 8.97. The molecular weight excluding hydrogens is 789 g/mol. The van der Waals surface area contributed by atoms with Crippen molar-refractivity contribution in [3.05, 3.63) is 181 Å². The fraction of sp³-hybridized carbons (Fsp3) is 0.0435. The van der Waals surface area contributed by atoms with Gasteiger partial charge in [-0.15, -0.1) is 71.3 Å². The maximum absolute atomic E-state index is 6.13. The van der Waals surface area contributed by atoms with Crippen molar-refractivity contribution in [2.75, 3.05) is 0 Å². The van der Waals surface area contributed by atoms with Crippen molar-refractivity contribution in [2.45, 2.75) is 13.8 Å². The molecule has 9 aromatic rings. The zero-order chi connectivity index (χ0) is 33.2. The second-order valence-electron chi connectivity index (χ2n) is 12.1. The van der Waals surface area contributed by atoms with E-state index in [0.29, 0.717) is 0 Å². The van der Waals surface area contributed by atoms with Crippen molar-refractivity contribution < 1.29 is 24.5 Å². The van der Waals surface area contributed by atoms with Crippen LogP contribution in [0.25, 0.3) is 77.5 Å². The Kier molecular flexibility index (Phi) is 9.49. The maximum atomic E-state index is 6.13. The van der Waals surface area contributed by atoms with Crippen LogP contribution in [0.5, 0.6) is 0 Å². The van der Waals surface area contributed by atoms with E-state index in [1.165, 1.54) is 44.0 Å². The van der Waals surface area contributed by atoms with Gasteiger partial charge in [-0.25, -0.2) is 0 Å². The molecule has 0 spiro atoms. The third-order valence-electron chi connectivity index (χ3n) is 8.97. The number of fused-ring (bicyclic) bond motifs is 5. The van der Waals surface area contributed by atoms with Gasteiger partial charge in [0.2, 0.25) is 0 Å². The Balaban J connectivity index is 0.000000255. The van der Waals surface area contributed by atoms with Crippen molar-refractivity contribution in [1.82, 2.24) is 9.97 Å². The Labute approximate surface area is 305 Å². The molecule has 9 rings (SSSR count). The maximum Gasteiger partial charge on any atom is 0.136 e. The van der Waals surface area contributed by atoms with Crippen molar-refractivity contribution in [3.8, 4) is 44.8 Å². The predicted molar refractivity (Wildman–Crippen MR) is 202 cm³/mol. The van der Waals surface area contributed by atoms with Gasteiger partial charge in [-0.05, 0) is 88.1 Å². The Hall–Kier alpha value is -5.67. The molecule has 3 heterocycles. The quantitative estimate of drug-likeness (QED) is 0.166. The minimum Gasteiger partial charge on any atom is -0.456 e. The Morgan fingerprint density at radius 2 is 1.26 bits per heavy atom. The summed E-state index contributed by atoms with van der Waals surface area (Å²) >= 11 is 0. The van der Waals surface area contributed by atoms with E-state index >= 15 is 0 Å². The van der Waals surface area contributed by atoms with E-state index in [1.54, 1.807) is 6.20 Å². The van der Waals surface area contributed by atoms with Gasteiger partial charge in [0.25, 0.3) is 0 Å². The fourth-order valence-corrected chi connectivity index (χ4v) is 6.69. The first-order valence-electron chi connectivity index (χ1n) is 16.4. The molecule has 4 heteroatoms. The van der Waals surface area contributed by atoms with E-state index in [9.17, 15) is 0 Å². The van der Waals surface area contributed by atoms with Crippen LogP contribution in [-0.2, 0) is 20.1 Å². The van der Waals surface area contributed by atoms with Crippen molar-refractivity contribution >= 4 is 32.7 Å². The van der Waals surface area contributed by atoms with Crippen LogP contribution >= 0.6 is 0 Å². The summed E-state index contributed by atoms with van der Waals surface area (Å²) < 4.78 is 6.13. The molecule has 0 fully saturated rings. The molecule has 1 radical (unpaired) electrons. The Morgan fingerprint density at radius 1 is 0.500 bits per heavy atom. The molecule has 50 heavy (non-hydrogen) atoms. The minimum absolute atomic E-state index is 0. The van der Waals surface area contributed by atoms with Gasteiger partial charge >= 0.3 is 0 Å². The summed E-state index contributed by atoms with van der Waals surface area (Å²) in [5, 5.41) is 4.72. The standard InChI is InChI=1S/C35H24NO.C11H8N.Ir/c1-22-8-5-9-23(2)34(22)26-18-19-36-31(21-26)25-11-6-10-24(20-25)27-13-7-14-29-28(27)16-17-33-35(29)30-12-3-4-15-32(30)37-33;1-2-6-10(7-3-1)11-8-4-5-9-12-11;/h3-10,12-21H,1-2H3;1-6,8-9H;/q2*-1;. The number of hydrogen-bond donors (Lipinski definition) is 0. The first-order chi connectivity index (χ1) is 24.1. The second kappa shape index (κ2) is 14.4. The molecule has 0 atom stereocenters. The van der Waals surface area contributed by atoms with Crippen LogP contribution in [-0.4, -0.2) is 9.97 Å². The summed E-state index contributed by atoms with van der Waals surface area (Å²) in [6.45, 7) is 4.33. The summed E-state index contributed by atoms with van der Waals surface area (Å²) in [5.41, 5.74) is 13.1. The summed E-state index contributed by atoms with van der Waals surface area (Å²) in [5.74, 6) is 0. The number of benzene rings is 6. The van der Waals surface area contributed by atoms with E-state index in [4.69, 9.17) is 9.40 Å². The molecular formula is C46H32IrN2O-2. The summed E-state index contributed by atoms with van der Waals surface area (Å²) in [6, 6.07) is 56.3. The van der Waals surface area contributed by atoms with Crippen molar-refractivity contribution in [2.24, 2.45) is 0 Å². The number of rotatable bonds is 4. The van der Waals surface area contributed by atoms with Gasteiger partial charge in [-0.2, -0.15) is 0 Å². The Bertz CT molecular complexity index is 2520. The second-order valence-corrected chi connectivity index (χ2v) is 12.1. The van der Waals surface area contributed by atoms with Crippen LogP contribution in [0.4, 0.5) is 0 Å². The largest absolute Gasteiger partial charge is 0.456 e. The number of aromatic nitrogens is 2. The molecule has 243 valence electrons. The van der Waals surface area contributed by atoms with E-state index in [-0.39, 0.29) is 20.1 Å². The van der Waals surface area contributed by atoms with Crippen LogP contribution < -0.4 is 0 Å². The molecule has 0 aliphatic rings. The van der Waals surface area contributed by atoms with E-state index in [1.807, 2.05) is 66.9 Å². The molecule has 0 aliphatic heterocycles. The van der Waals surface area contributed by atoms with Gasteiger partial charge in [-0.3, -0.25) is 0 Å². The molecule has 3 nitrogen and oxygen atoms in total. The molecule has 0 saturated heterocycles. The van der Waals surface area contributed by atoms with E-state index in [2.05, 4.69) is 116 Å². The van der Waals surface area contributed by atoms with Crippen molar-refractivity contribution in [1.29, 1.82) is 0 Å². The van der Waals surface area contributed by atoms with E-state index in [0.717, 1.165) is 44.6 Å². The molecule has 0 amide bonds. The first kappa shape index (κ1) is 32.9. The number of nitrogens with zero attached hydrogens (tertiary/aromatic N) is 2. The van der Waals surface area contributed by atoms with Crippen molar-refractivity contribution in [3.63, 3.8) is 0 Å². The predicted octanol–water partition coefficient (Wildman–Crippen LogP) is 12.1. The number of aryl methyl sites for hydroxylation is 2. The average Bonchev–Trinajstić information content (AvgIpc) is 3.55. The SMILES string of the molecule is Cc1cccc(C)c1-c1ccnc(-c2[c-]ccc(-c3cccc4c3ccc3oc5ccccc5c34)c2)c1.[Ir].[c-]1ccccc1-c1ccccn1. The van der Waals surface area contributed by atoms with Gasteiger partial charge in [0, 0.05) is 43.3 Å². The molecule has 0 bridgehead atoms. The van der Waals surface area contributed by atoms with Gasteiger partial charge in [-0.1, -0.05) is 78.9 Å². The first-order valence-corrected chi connectivity index (χ1v) is 16.4. The zero-order valence-corrected chi connectivity index (χ0v) is 30.0. The number of furan rings is 1. The van der Waals surface area contributed by atoms with Gasteiger partial charge in [0.15, 0.2) is 0 Å². The van der Waals surface area contributed by atoms with Crippen LogP contribution in [0.15, 0.2) is 162 Å². The molecule has 0 N–H and O–H groups in total. The summed E-state index contributed by atoms with van der Waals surface area (Å²) in [4.78, 5) is 8.93. The van der Waals surface area contributed by atoms with Crippen LogP contribution in [0.1, 0.15) is 11.1 Å². The fourth-order valence-electron chi connectivity index (χ4n) is 6.69.